The van der Waals surface area contributed by atoms with Crippen LogP contribution in [-0.2, 0) is 6.42 Å². The SMILES string of the molecule is CCc1ccccc1OC1CN(C(=O)c2c(C)cc(C)[nH]c2=O)C1. The van der Waals surface area contributed by atoms with Gasteiger partial charge in [-0.1, -0.05) is 25.1 Å². The number of rotatable bonds is 4. The number of hydrogen-bond acceptors (Lipinski definition) is 3. The highest BCUT2D eigenvalue weighted by Crippen LogP contribution is 2.24. The van der Waals surface area contributed by atoms with Crippen LogP contribution in [0, 0.1) is 13.8 Å². The van der Waals surface area contributed by atoms with Crippen molar-refractivity contribution in [3.8, 4) is 5.75 Å². The van der Waals surface area contributed by atoms with Gasteiger partial charge in [0.2, 0.25) is 0 Å². The first-order valence-electron chi connectivity index (χ1n) is 8.24. The second kappa shape index (κ2) is 6.51. The molecule has 0 saturated carbocycles. The van der Waals surface area contributed by atoms with E-state index < -0.39 is 0 Å². The van der Waals surface area contributed by atoms with Gasteiger partial charge in [0.1, 0.15) is 17.4 Å². The Morgan fingerprint density at radius 3 is 2.67 bits per heavy atom. The molecule has 24 heavy (non-hydrogen) atoms. The summed E-state index contributed by atoms with van der Waals surface area (Å²) in [7, 11) is 0. The second-order valence-corrected chi connectivity index (χ2v) is 6.25. The van der Waals surface area contributed by atoms with Crippen LogP contribution in [0.3, 0.4) is 0 Å². The van der Waals surface area contributed by atoms with Gasteiger partial charge in [0.05, 0.1) is 13.1 Å². The number of H-pyrrole nitrogens is 1. The predicted molar refractivity (Wildman–Crippen MR) is 92.7 cm³/mol. The van der Waals surface area contributed by atoms with E-state index in [1.165, 1.54) is 0 Å². The van der Waals surface area contributed by atoms with Crippen LogP contribution in [0.25, 0.3) is 0 Å². The number of amides is 1. The fourth-order valence-corrected chi connectivity index (χ4v) is 3.05. The molecule has 5 heteroatoms. The number of aromatic nitrogens is 1. The monoisotopic (exact) mass is 326 g/mol. The third-order valence-electron chi connectivity index (χ3n) is 4.36. The van der Waals surface area contributed by atoms with Crippen molar-refractivity contribution < 1.29 is 9.53 Å². The van der Waals surface area contributed by atoms with Crippen LogP contribution in [0.1, 0.15) is 34.1 Å². The summed E-state index contributed by atoms with van der Waals surface area (Å²) in [5, 5.41) is 0. The number of carbonyl (C=O) groups excluding carboxylic acids is 1. The van der Waals surface area contributed by atoms with E-state index in [9.17, 15) is 9.59 Å². The molecule has 1 aliphatic heterocycles. The van der Waals surface area contributed by atoms with Crippen LogP contribution < -0.4 is 10.3 Å². The maximum Gasteiger partial charge on any atom is 0.261 e. The molecule has 0 spiro atoms. The van der Waals surface area contributed by atoms with E-state index in [1.807, 2.05) is 30.3 Å². The smallest absolute Gasteiger partial charge is 0.261 e. The molecular weight excluding hydrogens is 304 g/mol. The number of ether oxygens (including phenoxy) is 1. The van der Waals surface area contributed by atoms with Crippen LogP contribution >= 0.6 is 0 Å². The molecule has 0 aliphatic carbocycles. The average molecular weight is 326 g/mol. The molecule has 1 saturated heterocycles. The first-order chi connectivity index (χ1) is 11.5. The summed E-state index contributed by atoms with van der Waals surface area (Å²) in [6.07, 6.45) is 0.884. The van der Waals surface area contributed by atoms with E-state index in [0.717, 1.165) is 23.4 Å². The minimum atomic E-state index is -0.321. The lowest BCUT2D eigenvalue weighted by Crippen LogP contribution is -2.57. The van der Waals surface area contributed by atoms with Crippen molar-refractivity contribution >= 4 is 5.91 Å². The summed E-state index contributed by atoms with van der Waals surface area (Å²) in [4.78, 5) is 29.0. The van der Waals surface area contributed by atoms with Crippen molar-refractivity contribution in [1.29, 1.82) is 0 Å². The lowest BCUT2D eigenvalue weighted by Gasteiger charge is -2.39. The van der Waals surface area contributed by atoms with E-state index in [-0.39, 0.29) is 23.1 Å². The minimum absolute atomic E-state index is 0.0218. The van der Waals surface area contributed by atoms with Crippen LogP contribution in [0.15, 0.2) is 35.1 Å². The molecule has 1 aromatic heterocycles. The minimum Gasteiger partial charge on any atom is -0.486 e. The summed E-state index contributed by atoms with van der Waals surface area (Å²) in [6.45, 7) is 6.70. The zero-order valence-corrected chi connectivity index (χ0v) is 14.3. The number of nitrogens with zero attached hydrogens (tertiary/aromatic N) is 1. The molecule has 3 rings (SSSR count). The first kappa shape index (κ1) is 16.3. The highest BCUT2D eigenvalue weighted by Gasteiger charge is 2.34. The van der Waals surface area contributed by atoms with Gasteiger partial charge >= 0.3 is 0 Å². The molecule has 1 amide bonds. The highest BCUT2D eigenvalue weighted by atomic mass is 16.5. The Bertz CT molecular complexity index is 820. The maximum absolute atomic E-state index is 12.6. The molecule has 126 valence electrons. The van der Waals surface area contributed by atoms with Crippen molar-refractivity contribution in [3.05, 3.63) is 63.1 Å². The fraction of sp³-hybridized carbons (Fsp3) is 0.368. The standard InChI is InChI=1S/C19H22N2O3/c1-4-14-7-5-6-8-16(14)24-15-10-21(11-15)19(23)17-12(2)9-13(3)20-18(17)22/h5-9,15H,4,10-11H2,1-3H3,(H,20,22). The molecule has 0 radical (unpaired) electrons. The van der Waals surface area contributed by atoms with Gasteiger partial charge in [-0.15, -0.1) is 0 Å². The number of carbonyl (C=O) groups is 1. The van der Waals surface area contributed by atoms with Gasteiger partial charge in [0.15, 0.2) is 0 Å². The van der Waals surface area contributed by atoms with Gasteiger partial charge in [-0.25, -0.2) is 0 Å². The van der Waals surface area contributed by atoms with Crippen LogP contribution in [0.5, 0.6) is 5.75 Å². The summed E-state index contributed by atoms with van der Waals surface area (Å²) < 4.78 is 5.99. The Morgan fingerprint density at radius 2 is 2.00 bits per heavy atom. The predicted octanol–water partition coefficient (Wildman–Crippen LogP) is 2.46. The third-order valence-corrected chi connectivity index (χ3v) is 4.36. The normalized spacial score (nSPS) is 14.4. The molecule has 1 aliphatic rings. The summed E-state index contributed by atoms with van der Waals surface area (Å²) in [5.41, 5.74) is 2.54. The molecule has 5 nitrogen and oxygen atoms in total. The van der Waals surface area contributed by atoms with Crippen molar-refractivity contribution in [2.75, 3.05) is 13.1 Å². The van der Waals surface area contributed by atoms with Gasteiger partial charge in [0.25, 0.3) is 11.5 Å². The molecule has 1 N–H and O–H groups in total. The Hall–Kier alpha value is -2.56. The molecule has 1 aromatic carbocycles. The molecule has 0 bridgehead atoms. The number of benzene rings is 1. The summed E-state index contributed by atoms with van der Waals surface area (Å²) in [6, 6.07) is 9.77. The number of aryl methyl sites for hydroxylation is 3. The van der Waals surface area contributed by atoms with E-state index in [1.54, 1.807) is 18.7 Å². The van der Waals surface area contributed by atoms with Gasteiger partial charge in [-0.3, -0.25) is 9.59 Å². The molecule has 0 unspecified atom stereocenters. The lowest BCUT2D eigenvalue weighted by atomic mass is 10.1. The van der Waals surface area contributed by atoms with Crippen molar-refractivity contribution in [2.24, 2.45) is 0 Å². The van der Waals surface area contributed by atoms with Crippen molar-refractivity contribution in [3.63, 3.8) is 0 Å². The molecule has 2 aromatic rings. The number of likely N-dealkylation sites (tertiary alicyclic amines) is 1. The number of pyridine rings is 1. The Labute approximate surface area is 141 Å². The maximum atomic E-state index is 12.6. The quantitative estimate of drug-likeness (QED) is 0.939. The van der Waals surface area contributed by atoms with Crippen molar-refractivity contribution in [2.45, 2.75) is 33.3 Å². The Balaban J connectivity index is 1.67. The van der Waals surface area contributed by atoms with E-state index in [0.29, 0.717) is 18.7 Å². The van der Waals surface area contributed by atoms with Crippen LogP contribution in [-0.4, -0.2) is 35.0 Å². The van der Waals surface area contributed by atoms with Crippen LogP contribution in [0.4, 0.5) is 0 Å². The molecule has 0 atom stereocenters. The number of nitrogens with one attached hydrogen (secondary N) is 1. The van der Waals surface area contributed by atoms with Gasteiger partial charge in [-0.2, -0.15) is 0 Å². The lowest BCUT2D eigenvalue weighted by molar-refractivity contribution is 0.0172. The number of aromatic amines is 1. The largest absolute Gasteiger partial charge is 0.486 e. The fourth-order valence-electron chi connectivity index (χ4n) is 3.05. The van der Waals surface area contributed by atoms with E-state index in [4.69, 9.17) is 4.74 Å². The van der Waals surface area contributed by atoms with E-state index in [2.05, 4.69) is 11.9 Å². The average Bonchev–Trinajstić information content (AvgIpc) is 2.49. The van der Waals surface area contributed by atoms with Crippen LogP contribution in [0.2, 0.25) is 0 Å². The second-order valence-electron chi connectivity index (χ2n) is 6.25. The van der Waals surface area contributed by atoms with Gasteiger partial charge < -0.3 is 14.6 Å². The molecule has 2 heterocycles. The first-order valence-corrected chi connectivity index (χ1v) is 8.24. The summed E-state index contributed by atoms with van der Waals surface area (Å²) >= 11 is 0. The van der Waals surface area contributed by atoms with Gasteiger partial charge in [0, 0.05) is 5.69 Å². The zero-order chi connectivity index (χ0) is 17.3. The van der Waals surface area contributed by atoms with E-state index >= 15 is 0 Å². The van der Waals surface area contributed by atoms with Crippen molar-refractivity contribution in [1.82, 2.24) is 9.88 Å². The zero-order valence-electron chi connectivity index (χ0n) is 14.3. The third kappa shape index (κ3) is 3.07. The van der Waals surface area contributed by atoms with Gasteiger partial charge in [-0.05, 0) is 43.5 Å². The topological polar surface area (TPSA) is 62.4 Å². The molecule has 1 fully saturated rings. The Morgan fingerprint density at radius 1 is 1.29 bits per heavy atom. The molecular formula is C19H22N2O3. The Kier molecular flexibility index (Phi) is 4.42. The summed E-state index contributed by atoms with van der Waals surface area (Å²) in [5.74, 6) is 0.652. The highest BCUT2D eigenvalue weighted by molar-refractivity contribution is 5.95. The number of para-hydroxylation sites is 1. The number of hydrogen-bond donors (Lipinski definition) is 1.